The van der Waals surface area contributed by atoms with Gasteiger partial charge < -0.3 is 15.4 Å². The molecule has 7 nitrogen and oxygen atoms in total. The van der Waals surface area contributed by atoms with Crippen molar-refractivity contribution in [2.45, 2.75) is 10.4 Å². The molecule has 1 aliphatic rings. The summed E-state index contributed by atoms with van der Waals surface area (Å²) in [6, 6.07) is 16.0. The van der Waals surface area contributed by atoms with Crippen LogP contribution in [0.2, 0.25) is 0 Å². The van der Waals surface area contributed by atoms with Gasteiger partial charge in [0.15, 0.2) is 0 Å². The first-order valence-electron chi connectivity index (χ1n) is 8.94. The minimum atomic E-state index is -0.163. The van der Waals surface area contributed by atoms with Gasteiger partial charge in [-0.2, -0.15) is 0 Å². The molecule has 1 aliphatic heterocycles. The van der Waals surface area contributed by atoms with Crippen molar-refractivity contribution >= 4 is 23.1 Å². The number of hydrogen-bond acceptors (Lipinski definition) is 8. The number of rotatable bonds is 4. The molecule has 2 aromatic carbocycles. The van der Waals surface area contributed by atoms with Crippen molar-refractivity contribution in [2.75, 3.05) is 4.90 Å². The molecule has 0 radical (unpaired) electrons. The van der Waals surface area contributed by atoms with E-state index in [1.807, 2.05) is 36.4 Å². The molecule has 29 heavy (non-hydrogen) atoms. The number of benzene rings is 2. The van der Waals surface area contributed by atoms with E-state index in [1.54, 1.807) is 36.5 Å². The van der Waals surface area contributed by atoms with Crippen LogP contribution in [-0.4, -0.2) is 25.4 Å². The number of nitrogens with two attached hydrogens (primary N) is 1. The largest absolute Gasteiger partial charge is 0.437 e. The van der Waals surface area contributed by atoms with E-state index in [1.165, 1.54) is 11.2 Å². The summed E-state index contributed by atoms with van der Waals surface area (Å²) in [6.45, 7) is 0. The van der Waals surface area contributed by atoms with Crippen LogP contribution in [0.15, 0.2) is 84.5 Å². The zero-order chi connectivity index (χ0) is 19.6. The SMILES string of the molecule is NC1Sc2ccccc2N1c1ccc(Oc2nccnc2-c2cncnc2)cc1. The third-order valence-corrected chi connectivity index (χ3v) is 5.51. The molecule has 0 bridgehead atoms. The lowest BCUT2D eigenvalue weighted by atomic mass is 10.2. The van der Waals surface area contributed by atoms with Gasteiger partial charge >= 0.3 is 0 Å². The second kappa shape index (κ2) is 7.50. The van der Waals surface area contributed by atoms with Crippen LogP contribution < -0.4 is 15.4 Å². The third kappa shape index (κ3) is 3.39. The molecular formula is C21H16N6OS. The predicted octanol–water partition coefficient (Wildman–Crippen LogP) is 4.21. The molecule has 0 amide bonds. The Morgan fingerprint density at radius 1 is 0.931 bits per heavy atom. The fourth-order valence-corrected chi connectivity index (χ4v) is 4.21. The Labute approximate surface area is 171 Å². The Hall–Kier alpha value is -3.49. The van der Waals surface area contributed by atoms with Crippen molar-refractivity contribution in [1.82, 2.24) is 19.9 Å². The Morgan fingerprint density at radius 3 is 2.52 bits per heavy atom. The quantitative estimate of drug-likeness (QED) is 0.545. The molecule has 0 saturated heterocycles. The van der Waals surface area contributed by atoms with Crippen molar-refractivity contribution in [3.63, 3.8) is 0 Å². The van der Waals surface area contributed by atoms with Gasteiger partial charge in [-0.3, -0.25) is 0 Å². The Morgan fingerprint density at radius 2 is 1.69 bits per heavy atom. The molecule has 5 rings (SSSR count). The van der Waals surface area contributed by atoms with Crippen LogP contribution in [0.25, 0.3) is 11.3 Å². The van der Waals surface area contributed by atoms with Crippen molar-refractivity contribution in [3.8, 4) is 22.9 Å². The molecular weight excluding hydrogens is 384 g/mol. The zero-order valence-corrected chi connectivity index (χ0v) is 16.0. The van der Waals surface area contributed by atoms with Gasteiger partial charge in [0.05, 0.1) is 5.69 Å². The molecule has 0 spiro atoms. The topological polar surface area (TPSA) is 90.0 Å². The Balaban J connectivity index is 1.42. The average Bonchev–Trinajstić information content (AvgIpc) is 3.11. The van der Waals surface area contributed by atoms with Crippen molar-refractivity contribution < 1.29 is 4.74 Å². The maximum Gasteiger partial charge on any atom is 0.246 e. The molecule has 3 heterocycles. The van der Waals surface area contributed by atoms with Gasteiger partial charge in [0.25, 0.3) is 0 Å². The average molecular weight is 400 g/mol. The van der Waals surface area contributed by atoms with E-state index in [0.29, 0.717) is 17.3 Å². The second-order valence-electron chi connectivity index (χ2n) is 6.28. The number of fused-ring (bicyclic) bond motifs is 1. The standard InChI is InChI=1S/C21H16N6OS/c22-21-27(17-3-1-2-4-18(17)29-21)15-5-7-16(8-6-15)28-20-19(25-9-10-26-20)14-11-23-13-24-12-14/h1-13,21H,22H2. The number of hydrogen-bond donors (Lipinski definition) is 1. The van der Waals surface area contributed by atoms with Crippen LogP contribution in [-0.2, 0) is 0 Å². The van der Waals surface area contributed by atoms with Crippen LogP contribution in [0, 0.1) is 0 Å². The summed E-state index contributed by atoms with van der Waals surface area (Å²) in [5.74, 6) is 1.05. The van der Waals surface area contributed by atoms with Gasteiger partial charge in [-0.1, -0.05) is 23.9 Å². The van der Waals surface area contributed by atoms with Crippen molar-refractivity contribution in [1.29, 1.82) is 0 Å². The summed E-state index contributed by atoms with van der Waals surface area (Å²) >= 11 is 1.64. The number of aromatic nitrogens is 4. The fraction of sp³-hybridized carbons (Fsp3) is 0.0476. The fourth-order valence-electron chi connectivity index (χ4n) is 3.17. The van der Waals surface area contributed by atoms with Crippen LogP contribution in [0.4, 0.5) is 11.4 Å². The molecule has 4 aromatic rings. The van der Waals surface area contributed by atoms with Crippen LogP contribution in [0.1, 0.15) is 0 Å². The summed E-state index contributed by atoms with van der Waals surface area (Å²) < 4.78 is 5.99. The molecule has 0 fully saturated rings. The number of thioether (sulfide) groups is 1. The highest BCUT2D eigenvalue weighted by atomic mass is 32.2. The van der Waals surface area contributed by atoms with E-state index < -0.39 is 0 Å². The summed E-state index contributed by atoms with van der Waals surface area (Å²) in [5.41, 5.74) is 9.61. The normalized spacial score (nSPS) is 15.2. The Kier molecular flexibility index (Phi) is 4.55. The predicted molar refractivity (Wildman–Crippen MR) is 112 cm³/mol. The minimum absolute atomic E-state index is 0.163. The maximum atomic E-state index is 6.33. The molecule has 142 valence electrons. The lowest BCUT2D eigenvalue weighted by molar-refractivity contribution is 0.462. The van der Waals surface area contributed by atoms with E-state index >= 15 is 0 Å². The molecule has 2 N–H and O–H groups in total. The van der Waals surface area contributed by atoms with Crippen LogP contribution >= 0.6 is 11.8 Å². The smallest absolute Gasteiger partial charge is 0.246 e. The van der Waals surface area contributed by atoms with Crippen LogP contribution in [0.3, 0.4) is 0 Å². The molecule has 0 aliphatic carbocycles. The molecule has 1 atom stereocenters. The second-order valence-corrected chi connectivity index (χ2v) is 7.44. The van der Waals surface area contributed by atoms with Gasteiger partial charge in [-0.05, 0) is 36.4 Å². The number of anilines is 2. The highest BCUT2D eigenvalue weighted by Crippen LogP contribution is 2.45. The first-order chi connectivity index (χ1) is 14.3. The molecule has 0 saturated carbocycles. The molecule has 8 heteroatoms. The van der Waals surface area contributed by atoms with Crippen LogP contribution in [0.5, 0.6) is 11.6 Å². The highest BCUT2D eigenvalue weighted by Gasteiger charge is 2.28. The van der Waals surface area contributed by atoms with E-state index in [9.17, 15) is 0 Å². The molecule has 1 unspecified atom stereocenters. The summed E-state index contributed by atoms with van der Waals surface area (Å²) in [7, 11) is 0. The summed E-state index contributed by atoms with van der Waals surface area (Å²) in [5, 5.41) is 0. The first-order valence-corrected chi connectivity index (χ1v) is 9.82. The van der Waals surface area contributed by atoms with Gasteiger partial charge in [-0.15, -0.1) is 0 Å². The lowest BCUT2D eigenvalue weighted by Crippen LogP contribution is -2.31. The van der Waals surface area contributed by atoms with Crippen molar-refractivity contribution in [2.24, 2.45) is 5.73 Å². The summed E-state index contributed by atoms with van der Waals surface area (Å²) in [6.07, 6.45) is 8.03. The lowest BCUT2D eigenvalue weighted by Gasteiger charge is -2.23. The van der Waals surface area contributed by atoms with Gasteiger partial charge in [0.1, 0.15) is 23.3 Å². The number of ether oxygens (including phenoxy) is 1. The maximum absolute atomic E-state index is 6.33. The van der Waals surface area contributed by atoms with E-state index in [0.717, 1.165) is 16.9 Å². The zero-order valence-electron chi connectivity index (χ0n) is 15.2. The van der Waals surface area contributed by atoms with Gasteiger partial charge in [-0.25, -0.2) is 19.9 Å². The minimum Gasteiger partial charge on any atom is -0.437 e. The first kappa shape index (κ1) is 17.6. The Bertz CT molecular complexity index is 1140. The number of nitrogens with zero attached hydrogens (tertiary/aromatic N) is 5. The number of para-hydroxylation sites is 1. The third-order valence-electron chi connectivity index (χ3n) is 4.46. The molecule has 2 aromatic heterocycles. The monoisotopic (exact) mass is 400 g/mol. The van der Waals surface area contributed by atoms with E-state index in [2.05, 4.69) is 37.0 Å². The van der Waals surface area contributed by atoms with Gasteiger partial charge in [0.2, 0.25) is 5.88 Å². The highest BCUT2D eigenvalue weighted by molar-refractivity contribution is 8.00. The van der Waals surface area contributed by atoms with Gasteiger partial charge in [0, 0.05) is 40.9 Å². The summed E-state index contributed by atoms with van der Waals surface area (Å²) in [4.78, 5) is 20.0. The van der Waals surface area contributed by atoms with Crippen molar-refractivity contribution in [3.05, 3.63) is 79.6 Å². The van der Waals surface area contributed by atoms with E-state index in [4.69, 9.17) is 10.5 Å². The van der Waals surface area contributed by atoms with E-state index in [-0.39, 0.29) is 5.50 Å².